The molecule has 1 unspecified atom stereocenters. The summed E-state index contributed by atoms with van der Waals surface area (Å²) in [6.45, 7) is 0. The Hall–Kier alpha value is -2.89. The van der Waals surface area contributed by atoms with E-state index >= 15 is 0 Å². The van der Waals surface area contributed by atoms with Crippen molar-refractivity contribution >= 4 is 11.8 Å². The van der Waals surface area contributed by atoms with Crippen molar-refractivity contribution in [1.82, 2.24) is 0 Å². The van der Waals surface area contributed by atoms with Gasteiger partial charge in [-0.15, -0.1) is 0 Å². The van der Waals surface area contributed by atoms with Crippen molar-refractivity contribution in [3.05, 3.63) is 0 Å². The second-order valence-electron chi connectivity index (χ2n) is 8.61. The maximum absolute atomic E-state index is 14.5. The highest BCUT2D eigenvalue weighted by atomic mass is 19.4. The van der Waals surface area contributed by atoms with Gasteiger partial charge < -0.3 is 5.11 Å². The predicted octanol–water partition coefficient (Wildman–Crippen LogP) is 8.46. The van der Waals surface area contributed by atoms with Crippen LogP contribution in [-0.2, 0) is 9.59 Å². The zero-order chi connectivity index (χ0) is 40.2. The van der Waals surface area contributed by atoms with E-state index in [-0.39, 0.29) is 0 Å². The summed E-state index contributed by atoms with van der Waals surface area (Å²) < 4.78 is 383. The molecule has 0 bridgehead atoms. The monoisotopic (exact) mass is 792 g/mol. The van der Waals surface area contributed by atoms with Crippen LogP contribution < -0.4 is 0 Å². The lowest BCUT2D eigenvalue weighted by atomic mass is 9.79. The third kappa shape index (κ3) is 5.04. The van der Waals surface area contributed by atoms with E-state index < -0.39 is 94.9 Å². The number of carbonyl (C=O) groups excluding carboxylic acids is 1. The number of rotatable bonds is 13. The third-order valence-electron chi connectivity index (χ3n) is 5.59. The van der Waals surface area contributed by atoms with E-state index in [4.69, 9.17) is 5.11 Å². The Morgan fingerprint density at radius 1 is 0.292 bits per heavy atom. The van der Waals surface area contributed by atoms with Crippen LogP contribution in [0.5, 0.6) is 0 Å². The number of carboxylic acids is 1. The van der Waals surface area contributed by atoms with E-state index in [1.165, 1.54) is 0 Å². The predicted molar refractivity (Wildman–Crippen MR) is 83.0 cm³/mol. The number of hydrogen-bond donors (Lipinski definition) is 1. The van der Waals surface area contributed by atoms with Crippen LogP contribution in [0.1, 0.15) is 0 Å². The molecule has 0 aromatic carbocycles. The smallest absolute Gasteiger partial charge is 0.460 e. The average molecular weight is 792 g/mol. The number of ketones is 1. The molecular weight excluding hydrogens is 791 g/mol. The molecule has 3 nitrogen and oxygen atoms in total. The van der Waals surface area contributed by atoms with Gasteiger partial charge in [0.15, 0.2) is 0 Å². The first-order valence-electron chi connectivity index (χ1n) is 9.86. The highest BCUT2D eigenvalue weighted by molar-refractivity contribution is 6.11. The van der Waals surface area contributed by atoms with Gasteiger partial charge in [-0.3, -0.25) is 4.79 Å². The fourth-order valence-corrected chi connectivity index (χ4v) is 2.69. The van der Waals surface area contributed by atoms with Crippen LogP contribution in [0.25, 0.3) is 0 Å². The Morgan fingerprint density at radius 3 is 0.688 bits per heavy atom. The second kappa shape index (κ2) is 10.8. The van der Waals surface area contributed by atoms with Crippen LogP contribution in [0.15, 0.2) is 0 Å². The lowest BCUT2D eigenvalue weighted by Crippen LogP contribution is -2.78. The number of carbonyl (C=O) groups is 2. The van der Waals surface area contributed by atoms with Gasteiger partial charge in [0.1, 0.15) is 0 Å². The number of carboxylic acid groups (broad SMARTS) is 1. The third-order valence-corrected chi connectivity index (χ3v) is 5.59. The van der Waals surface area contributed by atoms with E-state index in [1.54, 1.807) is 0 Å². The molecule has 48 heavy (non-hydrogen) atoms. The zero-order valence-electron chi connectivity index (χ0n) is 20.2. The summed E-state index contributed by atoms with van der Waals surface area (Å²) in [6, 6.07) is 0. The van der Waals surface area contributed by atoms with Gasteiger partial charge in [-0.2, -0.15) is 123 Å². The second-order valence-corrected chi connectivity index (χ2v) is 8.61. The summed E-state index contributed by atoms with van der Waals surface area (Å²) >= 11 is 0. The molecule has 0 saturated carbocycles. The Labute approximate surface area is 238 Å². The van der Waals surface area contributed by atoms with Gasteiger partial charge in [0.05, 0.1) is 0 Å². The summed E-state index contributed by atoms with van der Waals surface area (Å²) in [5, 5.41) is 8.15. The molecule has 0 fully saturated rings. The number of halogens is 29. The SMILES string of the molecule is O=C(O)C(F)(C(=O)C(F)(F)C(F)(F)C(F)(F)C(F)(F)C(F)(F)C(F)(F)C(F)(F)F)C(F)(F)C(F)(F)C(F)(F)C(F)(F)C(F)(F)C(F)(F)F. The minimum Gasteiger partial charge on any atom is -0.478 e. The summed E-state index contributed by atoms with van der Waals surface area (Å²) in [4.78, 5) is 22.0. The summed E-state index contributed by atoms with van der Waals surface area (Å²) in [5.41, 5.74) is -8.92. The van der Waals surface area contributed by atoms with Crippen LogP contribution in [0.4, 0.5) is 127 Å². The van der Waals surface area contributed by atoms with E-state index in [9.17, 15) is 137 Å². The number of aliphatic carboxylic acids is 1. The first-order valence-corrected chi connectivity index (χ1v) is 9.86. The van der Waals surface area contributed by atoms with Crippen molar-refractivity contribution in [2.75, 3.05) is 0 Å². The first-order chi connectivity index (χ1) is 20.1. The highest BCUT2D eigenvalue weighted by Crippen LogP contribution is 2.65. The summed E-state index contributed by atoms with van der Waals surface area (Å²) in [6.07, 6.45) is -16.6. The Morgan fingerprint density at radius 2 is 0.479 bits per heavy atom. The van der Waals surface area contributed by atoms with Gasteiger partial charge in [-0.05, 0) is 0 Å². The van der Waals surface area contributed by atoms with E-state index in [2.05, 4.69) is 0 Å². The molecule has 0 amide bonds. The molecule has 0 aliphatic carbocycles. The molecule has 0 aliphatic heterocycles. The van der Waals surface area contributed by atoms with Crippen molar-refractivity contribution < 1.29 is 142 Å². The Balaban J connectivity index is 7.77. The molecule has 32 heteroatoms. The quantitative estimate of drug-likeness (QED) is 0.151. The molecule has 0 radical (unpaired) electrons. The highest BCUT2D eigenvalue weighted by Gasteiger charge is 2.98. The van der Waals surface area contributed by atoms with E-state index in [1.807, 2.05) is 0 Å². The molecule has 1 atom stereocenters. The number of alkyl halides is 29. The number of Topliss-reactive ketones (excluding diaryl/α,β-unsaturated/α-hetero) is 1. The number of hydrogen-bond acceptors (Lipinski definition) is 2. The van der Waals surface area contributed by atoms with Crippen LogP contribution in [-0.4, -0.2) is 100 Å². The topological polar surface area (TPSA) is 54.4 Å². The van der Waals surface area contributed by atoms with Crippen molar-refractivity contribution in [3.8, 4) is 0 Å². The molecule has 0 aromatic heterocycles. The Bertz CT molecular complexity index is 1250. The minimum atomic E-state index is -9.62. The molecule has 0 spiro atoms. The molecular formula is C16HF29O3. The van der Waals surface area contributed by atoms with Crippen LogP contribution >= 0.6 is 0 Å². The fraction of sp³-hybridized carbons (Fsp3) is 0.875. The lowest BCUT2D eigenvalue weighted by Gasteiger charge is -2.44. The summed E-state index contributed by atoms with van der Waals surface area (Å²) in [7, 11) is 0. The standard InChI is InChI=1S/C16HF29O3/c17-3(2(47)48,5(20,21)7(24,25)9(28,29)11(32,33)13(36,37)15(40,41)42)1(46)4(18,19)6(22,23)8(26,27)10(30,31)12(34,35)14(38,39)16(43,44)45/h(H,47,48). The van der Waals surface area contributed by atoms with Crippen LogP contribution in [0.2, 0.25) is 0 Å². The van der Waals surface area contributed by atoms with Gasteiger partial charge in [-0.1, -0.05) is 0 Å². The zero-order valence-corrected chi connectivity index (χ0v) is 20.2. The van der Waals surface area contributed by atoms with Gasteiger partial charge in [0.25, 0.3) is 5.78 Å². The van der Waals surface area contributed by atoms with Crippen molar-refractivity contribution in [2.45, 2.75) is 83.2 Å². The molecule has 0 heterocycles. The molecule has 1 N–H and O–H groups in total. The molecule has 0 saturated heterocycles. The van der Waals surface area contributed by atoms with Crippen molar-refractivity contribution in [1.29, 1.82) is 0 Å². The first kappa shape index (κ1) is 45.1. The van der Waals surface area contributed by atoms with E-state index in [0.29, 0.717) is 0 Å². The minimum absolute atomic E-state index is 5.58. The largest absolute Gasteiger partial charge is 0.478 e. The maximum Gasteiger partial charge on any atom is 0.460 e. The molecule has 286 valence electrons. The molecule has 0 aliphatic rings. The van der Waals surface area contributed by atoms with Gasteiger partial charge in [0.2, 0.25) is 0 Å². The fourth-order valence-electron chi connectivity index (χ4n) is 2.69. The molecule has 0 aromatic rings. The van der Waals surface area contributed by atoms with E-state index in [0.717, 1.165) is 0 Å². The average Bonchev–Trinajstić information content (AvgIpc) is 2.84. The molecule has 0 rings (SSSR count). The van der Waals surface area contributed by atoms with Crippen molar-refractivity contribution in [2.24, 2.45) is 0 Å². The van der Waals surface area contributed by atoms with Crippen molar-refractivity contribution in [3.63, 3.8) is 0 Å². The normalized spacial score (nSPS) is 17.7. The Kier molecular flexibility index (Phi) is 10.2. The van der Waals surface area contributed by atoms with Crippen LogP contribution in [0.3, 0.4) is 0 Å². The van der Waals surface area contributed by atoms with Crippen LogP contribution in [0, 0.1) is 0 Å². The maximum atomic E-state index is 14.5. The summed E-state index contributed by atoms with van der Waals surface area (Å²) in [5.74, 6) is -115. The van der Waals surface area contributed by atoms with Gasteiger partial charge in [0, 0.05) is 0 Å². The van der Waals surface area contributed by atoms with Gasteiger partial charge >= 0.3 is 89.1 Å². The lowest BCUT2D eigenvalue weighted by molar-refractivity contribution is -0.451. The van der Waals surface area contributed by atoms with Gasteiger partial charge in [-0.25, -0.2) is 9.18 Å².